The molecule has 0 spiro atoms. The fraction of sp³-hybridized carbons (Fsp3) is 0.154. The topological polar surface area (TPSA) is 121 Å². The highest BCUT2D eigenvalue weighted by Crippen LogP contribution is 2.27. The molecule has 0 aliphatic rings. The van der Waals surface area contributed by atoms with Crippen LogP contribution in [0.15, 0.2) is 24.8 Å². The number of hydrogen-bond acceptors (Lipinski definition) is 5. The molecule has 0 heterocycles. The Kier molecular flexibility index (Phi) is 4.85. The Hall–Kier alpha value is -2.83. The third kappa shape index (κ3) is 3.35. The minimum absolute atomic E-state index is 0.0472. The van der Waals surface area contributed by atoms with Gasteiger partial charge >= 0.3 is 17.9 Å². The molecule has 7 nitrogen and oxygen atoms in total. The van der Waals surface area contributed by atoms with E-state index in [1.54, 1.807) is 0 Å². The number of hydrogen-bond donors (Lipinski definition) is 3. The van der Waals surface area contributed by atoms with Gasteiger partial charge in [-0.2, -0.15) is 0 Å². The standard InChI is InChI=1S/C13H12O7/c1-2-9(14)20-6-5-7-3-4-8(12(16)17)10(11(7)15)13(18)19/h2-4,15H,1,5-6H2,(H,16,17)(H,18,19). The maximum Gasteiger partial charge on any atom is 0.340 e. The van der Waals surface area contributed by atoms with Crippen LogP contribution in [0.2, 0.25) is 0 Å². The van der Waals surface area contributed by atoms with Gasteiger partial charge in [0, 0.05) is 12.5 Å². The Labute approximate surface area is 113 Å². The van der Waals surface area contributed by atoms with Gasteiger partial charge in [-0.3, -0.25) is 0 Å². The molecule has 7 heteroatoms. The van der Waals surface area contributed by atoms with Crippen LogP contribution < -0.4 is 0 Å². The average Bonchev–Trinajstić information content (AvgIpc) is 2.39. The summed E-state index contributed by atoms with van der Waals surface area (Å²) in [5.41, 5.74) is -1.03. The molecule has 106 valence electrons. The van der Waals surface area contributed by atoms with E-state index < -0.39 is 34.8 Å². The Bertz CT molecular complexity index is 574. The first-order valence-electron chi connectivity index (χ1n) is 5.49. The first-order valence-corrected chi connectivity index (χ1v) is 5.49. The predicted molar refractivity (Wildman–Crippen MR) is 66.9 cm³/mol. The zero-order valence-electron chi connectivity index (χ0n) is 10.3. The maximum atomic E-state index is 11.0. The molecule has 1 aromatic carbocycles. The molecule has 0 saturated heterocycles. The lowest BCUT2D eigenvalue weighted by Gasteiger charge is -2.10. The molecule has 0 amide bonds. The minimum atomic E-state index is -1.55. The van der Waals surface area contributed by atoms with E-state index in [1.165, 1.54) is 6.07 Å². The molecule has 1 aromatic rings. The van der Waals surface area contributed by atoms with Crippen LogP contribution in [0.1, 0.15) is 26.3 Å². The fourth-order valence-corrected chi connectivity index (χ4v) is 1.55. The van der Waals surface area contributed by atoms with Crippen LogP contribution in [0.4, 0.5) is 0 Å². The number of carbonyl (C=O) groups is 3. The Morgan fingerprint density at radius 3 is 2.35 bits per heavy atom. The highest BCUT2D eigenvalue weighted by Gasteiger charge is 2.22. The Morgan fingerprint density at radius 2 is 1.85 bits per heavy atom. The van der Waals surface area contributed by atoms with Crippen molar-refractivity contribution in [1.29, 1.82) is 0 Å². The second-order valence-electron chi connectivity index (χ2n) is 3.73. The number of carboxylic acid groups (broad SMARTS) is 2. The van der Waals surface area contributed by atoms with E-state index in [-0.39, 0.29) is 18.6 Å². The lowest BCUT2D eigenvalue weighted by Crippen LogP contribution is -2.11. The van der Waals surface area contributed by atoms with Crippen LogP contribution in [-0.2, 0) is 16.0 Å². The quantitative estimate of drug-likeness (QED) is 0.526. The smallest absolute Gasteiger partial charge is 0.340 e. The average molecular weight is 280 g/mol. The zero-order valence-corrected chi connectivity index (χ0v) is 10.3. The summed E-state index contributed by atoms with van der Waals surface area (Å²) >= 11 is 0. The zero-order chi connectivity index (χ0) is 15.3. The van der Waals surface area contributed by atoms with Gasteiger partial charge in [0.25, 0.3) is 0 Å². The van der Waals surface area contributed by atoms with E-state index in [4.69, 9.17) is 14.9 Å². The van der Waals surface area contributed by atoms with Gasteiger partial charge in [-0.1, -0.05) is 12.6 Å². The van der Waals surface area contributed by atoms with Gasteiger partial charge < -0.3 is 20.1 Å². The summed E-state index contributed by atoms with van der Waals surface area (Å²) in [6.07, 6.45) is 1.02. The first-order chi connectivity index (χ1) is 9.38. The van der Waals surface area contributed by atoms with Crippen molar-refractivity contribution >= 4 is 17.9 Å². The third-order valence-corrected chi connectivity index (χ3v) is 2.49. The number of aromatic carboxylic acids is 2. The third-order valence-electron chi connectivity index (χ3n) is 2.49. The van der Waals surface area contributed by atoms with Crippen molar-refractivity contribution < 1.29 is 34.4 Å². The molecule has 0 atom stereocenters. The molecule has 0 saturated carbocycles. The summed E-state index contributed by atoms with van der Waals surface area (Å²) in [6.45, 7) is 3.11. The lowest BCUT2D eigenvalue weighted by atomic mass is 10.0. The van der Waals surface area contributed by atoms with Crippen LogP contribution in [0.25, 0.3) is 0 Å². The summed E-state index contributed by atoms with van der Waals surface area (Å²) in [7, 11) is 0. The number of rotatable bonds is 6. The second-order valence-corrected chi connectivity index (χ2v) is 3.73. The van der Waals surface area contributed by atoms with Crippen LogP contribution in [0.5, 0.6) is 5.75 Å². The van der Waals surface area contributed by atoms with E-state index in [0.717, 1.165) is 12.1 Å². The molecule has 20 heavy (non-hydrogen) atoms. The van der Waals surface area contributed by atoms with Gasteiger partial charge in [0.1, 0.15) is 11.3 Å². The number of phenols is 1. The highest BCUT2D eigenvalue weighted by molar-refractivity contribution is 6.04. The normalized spacial score (nSPS) is 9.80. The number of benzene rings is 1. The predicted octanol–water partition coefficient (Wildman–Crippen LogP) is 1.06. The summed E-state index contributed by atoms with van der Waals surface area (Å²) in [5.74, 6) is -4.30. The van der Waals surface area contributed by atoms with Gasteiger partial charge in [-0.25, -0.2) is 14.4 Å². The van der Waals surface area contributed by atoms with Crippen molar-refractivity contribution in [3.8, 4) is 5.75 Å². The van der Waals surface area contributed by atoms with Crippen LogP contribution >= 0.6 is 0 Å². The van der Waals surface area contributed by atoms with Crippen LogP contribution in [-0.4, -0.2) is 39.8 Å². The molecule has 0 radical (unpaired) electrons. The van der Waals surface area contributed by atoms with Crippen molar-refractivity contribution in [2.45, 2.75) is 6.42 Å². The van der Waals surface area contributed by atoms with Crippen molar-refractivity contribution in [2.24, 2.45) is 0 Å². The molecule has 0 aliphatic carbocycles. The number of esters is 1. The number of carbonyl (C=O) groups excluding carboxylic acids is 1. The molecule has 0 aliphatic heterocycles. The molecule has 0 fully saturated rings. The minimum Gasteiger partial charge on any atom is -0.507 e. The van der Waals surface area contributed by atoms with E-state index in [1.807, 2.05) is 0 Å². The molecule has 0 bridgehead atoms. The molecule has 3 N–H and O–H groups in total. The first kappa shape index (κ1) is 15.2. The van der Waals surface area contributed by atoms with Gasteiger partial charge in [0.2, 0.25) is 0 Å². The van der Waals surface area contributed by atoms with Crippen LogP contribution in [0.3, 0.4) is 0 Å². The molecular formula is C13H12O7. The SMILES string of the molecule is C=CC(=O)OCCc1ccc(C(=O)O)c(C(=O)O)c1O. The summed E-state index contributed by atoms with van der Waals surface area (Å²) < 4.78 is 4.70. The molecular weight excluding hydrogens is 268 g/mol. The molecule has 1 rings (SSSR count). The highest BCUT2D eigenvalue weighted by atomic mass is 16.5. The summed E-state index contributed by atoms with van der Waals surface area (Å²) in [5, 5.41) is 27.6. The van der Waals surface area contributed by atoms with Crippen molar-refractivity contribution in [2.75, 3.05) is 6.61 Å². The van der Waals surface area contributed by atoms with Gasteiger partial charge in [0.15, 0.2) is 0 Å². The van der Waals surface area contributed by atoms with Crippen molar-refractivity contribution in [3.05, 3.63) is 41.5 Å². The monoisotopic (exact) mass is 280 g/mol. The maximum absolute atomic E-state index is 11.0. The van der Waals surface area contributed by atoms with Gasteiger partial charge in [0.05, 0.1) is 12.2 Å². The largest absolute Gasteiger partial charge is 0.507 e. The van der Waals surface area contributed by atoms with Crippen LogP contribution in [0, 0.1) is 0 Å². The van der Waals surface area contributed by atoms with Crippen molar-refractivity contribution in [1.82, 2.24) is 0 Å². The van der Waals surface area contributed by atoms with Gasteiger partial charge in [-0.05, 0) is 11.6 Å². The number of carboxylic acids is 2. The van der Waals surface area contributed by atoms with E-state index in [9.17, 15) is 19.5 Å². The number of ether oxygens (including phenoxy) is 1. The van der Waals surface area contributed by atoms with E-state index in [0.29, 0.717) is 0 Å². The molecule has 0 aromatic heterocycles. The fourth-order valence-electron chi connectivity index (χ4n) is 1.55. The summed E-state index contributed by atoms with van der Waals surface area (Å²) in [4.78, 5) is 32.7. The van der Waals surface area contributed by atoms with E-state index in [2.05, 4.69) is 6.58 Å². The summed E-state index contributed by atoms with van der Waals surface area (Å²) in [6, 6.07) is 2.35. The van der Waals surface area contributed by atoms with E-state index >= 15 is 0 Å². The second kappa shape index (κ2) is 6.37. The Balaban J connectivity index is 3.03. The Morgan fingerprint density at radius 1 is 1.20 bits per heavy atom. The molecule has 0 unspecified atom stereocenters. The van der Waals surface area contributed by atoms with Crippen molar-refractivity contribution in [3.63, 3.8) is 0 Å². The lowest BCUT2D eigenvalue weighted by molar-refractivity contribution is -0.137. The van der Waals surface area contributed by atoms with Gasteiger partial charge in [-0.15, -0.1) is 0 Å². The number of aromatic hydroxyl groups is 1.